The van der Waals surface area contributed by atoms with Crippen molar-refractivity contribution in [1.82, 2.24) is 45.4 Å². The van der Waals surface area contributed by atoms with E-state index in [0.29, 0.717) is 111 Å². The molecule has 7 amide bonds. The van der Waals surface area contributed by atoms with Gasteiger partial charge in [0.2, 0.25) is 0 Å². The molecule has 5 saturated heterocycles. The maximum atomic E-state index is 13.0. The summed E-state index contributed by atoms with van der Waals surface area (Å²) in [5.41, 5.74) is 7.45. The van der Waals surface area contributed by atoms with Gasteiger partial charge < -0.3 is 66.4 Å². The van der Waals surface area contributed by atoms with E-state index >= 15 is 0 Å². The smallest absolute Gasteiger partial charge is 0.269 e. The predicted molar refractivity (Wildman–Crippen MR) is 574 cm³/mol. The van der Waals surface area contributed by atoms with Crippen LogP contribution in [0.15, 0.2) is 298 Å². The van der Waals surface area contributed by atoms with Crippen LogP contribution in [0.5, 0.6) is 0 Å². The first-order valence-electron chi connectivity index (χ1n) is 50.3. The number of hydrogen-bond donors (Lipinski definition) is 8. The number of para-hydroxylation sites is 5. The maximum absolute atomic E-state index is 13.0. The van der Waals surface area contributed by atoms with Crippen LogP contribution in [0, 0.1) is 10.1 Å². The number of non-ortho nitro benzene ring substituents is 1. The number of pyridine rings is 1. The molecule has 18 rings (SSSR count). The van der Waals surface area contributed by atoms with Crippen molar-refractivity contribution in [3.05, 3.63) is 363 Å². The van der Waals surface area contributed by atoms with E-state index in [0.717, 1.165) is 229 Å². The third-order valence-corrected chi connectivity index (χ3v) is 25.7. The zero-order valence-corrected chi connectivity index (χ0v) is 82.7. The van der Waals surface area contributed by atoms with Gasteiger partial charge in [0.1, 0.15) is 0 Å². The molecule has 0 atom stereocenters. The average Bonchev–Trinajstić information content (AvgIpc) is 0.801. The quantitative estimate of drug-likeness (QED) is 0.00782. The predicted octanol–water partition coefficient (Wildman–Crippen LogP) is 16.8. The van der Waals surface area contributed by atoms with Crippen LogP contribution < -0.4 is 42.5 Å². The minimum Gasteiger partial charge on any atom is -0.379 e. The highest BCUT2D eigenvalue weighted by Crippen LogP contribution is 2.29. The number of rotatable bonds is 36. The SMILES string of the molecule is O=C(NCCCN1CCOCC1)c1ccccc1NC(=O)c1cccc2ccccc12.O=C(Nc1ccccc1C(=O)CCCN1CCNCC1)c1ccc([N+](=O)[O-])cc1.O=C(Nc1ccccc1C(=O)CCCN1CCOCC1)c1ccc2ccccc2c1.O=C(Nc1ccccc1C(=O)CCCN1CCOCC1)c1cccnc1.O=C(Nc1ccccc1C(=O)NCCCN1CCOCC1)c1ccc2ccccc2c1. The molecule has 0 unspecified atom stereocenters. The lowest BCUT2D eigenvalue weighted by molar-refractivity contribution is -0.384. The molecular weight excluding hydrogens is 1860 g/mol. The van der Waals surface area contributed by atoms with Crippen molar-refractivity contribution >= 4 is 125 Å². The molecule has 147 heavy (non-hydrogen) atoms. The van der Waals surface area contributed by atoms with Gasteiger partial charge in [-0.05, 0) is 212 Å². The molecule has 5 aliphatic heterocycles. The van der Waals surface area contributed by atoms with Gasteiger partial charge in [-0.2, -0.15) is 0 Å². The molecule has 0 aliphatic carbocycles. The Morgan fingerprint density at radius 2 is 0.605 bits per heavy atom. The summed E-state index contributed by atoms with van der Waals surface area (Å²) in [5, 5.41) is 40.4. The number of nitrogens with one attached hydrogen (secondary N) is 8. The first-order valence-corrected chi connectivity index (χ1v) is 50.3. The molecule has 0 bridgehead atoms. The molecule has 5 fully saturated rings. The zero-order chi connectivity index (χ0) is 103. The summed E-state index contributed by atoms with van der Waals surface area (Å²) in [6.07, 6.45) is 8.54. The summed E-state index contributed by atoms with van der Waals surface area (Å²) in [7, 11) is 0. The highest BCUT2D eigenvalue weighted by Gasteiger charge is 2.25. The van der Waals surface area contributed by atoms with Gasteiger partial charge >= 0.3 is 0 Å². The van der Waals surface area contributed by atoms with Crippen LogP contribution in [0.4, 0.5) is 34.1 Å². The molecule has 0 saturated carbocycles. The first-order chi connectivity index (χ1) is 71.9. The number of amides is 7. The fourth-order valence-corrected chi connectivity index (χ4v) is 17.6. The van der Waals surface area contributed by atoms with Gasteiger partial charge in [0.05, 0.1) is 103 Å². The van der Waals surface area contributed by atoms with Crippen molar-refractivity contribution in [3.8, 4) is 0 Å². The summed E-state index contributed by atoms with van der Waals surface area (Å²) >= 11 is 0. The number of aromatic nitrogens is 1. The van der Waals surface area contributed by atoms with Gasteiger partial charge in [-0.25, -0.2) is 0 Å². The molecule has 13 aromatic rings. The van der Waals surface area contributed by atoms with E-state index in [1.54, 1.807) is 115 Å². The van der Waals surface area contributed by atoms with Crippen LogP contribution >= 0.6 is 0 Å². The number of nitro benzene ring substituents is 1. The Bertz CT molecular complexity index is 6590. The van der Waals surface area contributed by atoms with Crippen LogP contribution in [-0.2, 0) is 18.9 Å². The lowest BCUT2D eigenvalue weighted by Crippen LogP contribution is -2.43. The standard InChI is InChI=1S/2C25H27N3O3.C25H26N2O3.C21H24N4O4.C20H23N3O3/c29-24(26-13-6-14-28-15-17-31-18-16-28)22-10-3-4-12-23(22)27-25(30)21-11-5-8-19-7-1-2-9-20(19)21;29-24(21-11-10-19-6-1-2-7-20(19)18-21)27-23-9-4-3-8-22(23)25(30)26-12-5-13-28-14-16-31-17-15-28;28-24(10-5-13-27-14-16-30-17-15-27)22-8-3-4-9-23(22)26-25(29)21-12-11-19-6-1-2-7-20(19)18-21;26-20(6-3-13-24-14-11-22-12-15-24)18-4-1-2-5-19(18)23-21(27)16-7-9-17(10-8-16)25(28)29;24-19(8-4-10-23-11-13-26-14-12-23)17-6-1-2-7-18(17)22-20(25)16-5-3-9-21-15-16/h1-5,7-12H,6,13-18H2,(H,26,29)(H,27,30);1-4,6-11,18H,5,12-17H2,(H,26,30)(H,27,29);1-4,6-9,11-12,18H,5,10,13-17H2,(H,26,29);1-2,4-5,7-10,22H,3,6,11-15H2,(H,23,27);1-3,5-7,9,15H,4,8,10-14H2,(H,22,25). The van der Waals surface area contributed by atoms with Gasteiger partial charge in [-0.3, -0.25) is 82.6 Å². The fraction of sp³-hybridized carbons (Fsp3) is 0.302. The number of nitro groups is 1. The normalized spacial score (nSPS) is 14.4. The summed E-state index contributed by atoms with van der Waals surface area (Å²) < 4.78 is 21.4. The maximum Gasteiger partial charge on any atom is 0.269 e. The molecule has 1 aromatic heterocycles. The molecule has 31 nitrogen and oxygen atoms in total. The van der Waals surface area contributed by atoms with E-state index in [2.05, 4.69) is 72.0 Å². The summed E-state index contributed by atoms with van der Waals surface area (Å²) in [4.78, 5) is 153. The number of ether oxygens (including phenoxy) is 4. The molecule has 5 aliphatic rings. The first kappa shape index (κ1) is 108. The van der Waals surface area contributed by atoms with Crippen molar-refractivity contribution in [2.75, 3.05) is 204 Å². The van der Waals surface area contributed by atoms with Crippen molar-refractivity contribution in [1.29, 1.82) is 0 Å². The summed E-state index contributed by atoms with van der Waals surface area (Å²) in [6.45, 7) is 23.2. The number of benzene rings is 12. The lowest BCUT2D eigenvalue weighted by Gasteiger charge is -2.26. The Hall–Kier alpha value is -15.1. The van der Waals surface area contributed by atoms with Gasteiger partial charge in [0, 0.05) is 174 Å². The number of piperazine rings is 1. The molecular formula is C116H127N15O16. The van der Waals surface area contributed by atoms with Crippen molar-refractivity contribution in [2.24, 2.45) is 0 Å². The molecule has 12 aromatic carbocycles. The number of morpholine rings is 4. The Morgan fingerprint density at radius 3 is 1.00 bits per heavy atom. The number of carbonyl (C=O) groups excluding carboxylic acids is 10. The van der Waals surface area contributed by atoms with E-state index in [4.69, 9.17) is 18.9 Å². The summed E-state index contributed by atoms with van der Waals surface area (Å²) in [6, 6.07) is 84.7. The molecule has 0 spiro atoms. The van der Waals surface area contributed by atoms with Crippen LogP contribution in [0.25, 0.3) is 32.3 Å². The van der Waals surface area contributed by atoms with Crippen molar-refractivity contribution in [2.45, 2.75) is 51.4 Å². The largest absolute Gasteiger partial charge is 0.379 e. The Balaban J connectivity index is 0.000000145. The van der Waals surface area contributed by atoms with E-state index in [9.17, 15) is 58.1 Å². The number of fused-ring (bicyclic) bond motifs is 3. The van der Waals surface area contributed by atoms with Crippen LogP contribution in [0.1, 0.15) is 155 Å². The monoisotopic (exact) mass is 1990 g/mol. The number of hydrogen-bond acceptors (Lipinski definition) is 23. The molecule has 762 valence electrons. The number of Topliss-reactive ketones (excluding diaryl/α,β-unsaturated/α-hetero) is 3. The third kappa shape index (κ3) is 33.5. The highest BCUT2D eigenvalue weighted by atomic mass is 16.6. The Morgan fingerprint density at radius 1 is 0.293 bits per heavy atom. The second-order valence-electron chi connectivity index (χ2n) is 35.9. The number of carbonyl (C=O) groups is 10. The minimum atomic E-state index is -0.518. The molecule has 6 heterocycles. The van der Waals surface area contributed by atoms with Gasteiger partial charge in [0.25, 0.3) is 47.0 Å². The highest BCUT2D eigenvalue weighted by molar-refractivity contribution is 6.16. The number of ketones is 3. The zero-order valence-electron chi connectivity index (χ0n) is 82.7. The third-order valence-electron chi connectivity index (χ3n) is 25.7. The minimum absolute atomic E-state index is 0.0141. The van der Waals surface area contributed by atoms with E-state index < -0.39 is 10.8 Å². The molecule has 0 radical (unpaired) electrons. The van der Waals surface area contributed by atoms with Gasteiger partial charge in [-0.1, -0.05) is 158 Å². The van der Waals surface area contributed by atoms with Gasteiger partial charge in [-0.15, -0.1) is 0 Å². The summed E-state index contributed by atoms with van der Waals surface area (Å²) in [5.74, 6) is -1.66. The van der Waals surface area contributed by atoms with E-state index in [1.165, 1.54) is 30.5 Å². The molecule has 31 heteroatoms. The van der Waals surface area contributed by atoms with Crippen molar-refractivity contribution in [3.63, 3.8) is 0 Å². The average molecular weight is 1990 g/mol. The fourth-order valence-electron chi connectivity index (χ4n) is 17.6. The second kappa shape index (κ2) is 57.5. The second-order valence-corrected chi connectivity index (χ2v) is 35.9. The number of anilines is 5. The molecule has 8 N–H and O–H groups in total. The Labute approximate surface area is 856 Å². The van der Waals surface area contributed by atoms with Crippen molar-refractivity contribution < 1.29 is 71.8 Å². The lowest BCUT2D eigenvalue weighted by atomic mass is 10.0. The topological polar surface area (TPSA) is 376 Å². The number of nitrogens with zero attached hydrogens (tertiary/aromatic N) is 7. The van der Waals surface area contributed by atoms with Crippen LogP contribution in [0.2, 0.25) is 0 Å². The van der Waals surface area contributed by atoms with Gasteiger partial charge in [0.15, 0.2) is 17.3 Å². The van der Waals surface area contributed by atoms with E-state index in [-0.39, 0.29) is 64.0 Å². The van der Waals surface area contributed by atoms with Crippen LogP contribution in [0.3, 0.4) is 0 Å². The van der Waals surface area contributed by atoms with Crippen LogP contribution in [-0.4, -0.2) is 270 Å². The Kier molecular flexibility index (Phi) is 42.1. The van der Waals surface area contributed by atoms with E-state index in [1.807, 2.05) is 152 Å².